The molecule has 0 aliphatic heterocycles. The highest BCUT2D eigenvalue weighted by Crippen LogP contribution is 2.23. The third-order valence-electron chi connectivity index (χ3n) is 2.84. The second-order valence-electron chi connectivity index (χ2n) is 4.30. The summed E-state index contributed by atoms with van der Waals surface area (Å²) in [6.45, 7) is 4.44. The largest absolute Gasteiger partial charge is 0.369 e. The van der Waals surface area contributed by atoms with E-state index in [9.17, 15) is 4.79 Å². The Morgan fingerprint density at radius 3 is 3.05 bits per heavy atom. The van der Waals surface area contributed by atoms with Crippen LogP contribution in [-0.4, -0.2) is 27.0 Å². The van der Waals surface area contributed by atoms with Crippen molar-refractivity contribution in [1.82, 2.24) is 19.9 Å². The molecule has 0 saturated carbocycles. The van der Waals surface area contributed by atoms with E-state index >= 15 is 0 Å². The van der Waals surface area contributed by atoms with Gasteiger partial charge in [-0.25, -0.2) is 9.97 Å². The van der Waals surface area contributed by atoms with Crippen molar-refractivity contribution in [3.05, 3.63) is 16.7 Å². The Labute approximate surface area is 119 Å². The predicted octanol–water partition coefficient (Wildman–Crippen LogP) is 1.86. The number of fused-ring (bicyclic) bond motifs is 1. The lowest BCUT2D eigenvalue weighted by molar-refractivity contribution is -0.123. The normalized spacial score (nSPS) is 12.6. The molecule has 0 radical (unpaired) electrons. The van der Waals surface area contributed by atoms with E-state index in [1.807, 2.05) is 13.0 Å². The highest BCUT2D eigenvalue weighted by Gasteiger charge is 2.20. The van der Waals surface area contributed by atoms with Crippen molar-refractivity contribution in [3.63, 3.8) is 0 Å². The number of carbonyl (C=O) groups is 1. The number of hydrogen-bond acceptors (Lipinski definition) is 4. The quantitative estimate of drug-likeness (QED) is 0.898. The monoisotopic (exact) mass is 325 g/mol. The molecule has 0 aliphatic rings. The average molecular weight is 326 g/mol. The molecule has 3 N–H and O–H groups in total. The second kappa shape index (κ2) is 5.56. The van der Waals surface area contributed by atoms with Gasteiger partial charge in [-0.2, -0.15) is 0 Å². The molecule has 0 saturated heterocycles. The first-order valence-corrected chi connectivity index (χ1v) is 6.90. The van der Waals surface area contributed by atoms with Gasteiger partial charge in [0.15, 0.2) is 5.65 Å². The number of aromatic nitrogens is 3. The standard InChI is InChI=1S/C12H16BrN5O/c1-3-4-15-11(19)7(2)18-10-9(17-12(18)14)5-8(13)6-16-10/h5-7H,3-4H2,1-2H3,(H2,14,17)(H,15,19). The molecule has 2 heterocycles. The van der Waals surface area contributed by atoms with Crippen LogP contribution in [0.5, 0.6) is 0 Å². The Kier molecular flexibility index (Phi) is 4.04. The SMILES string of the molecule is CCCNC(=O)C(C)n1c(N)nc2cc(Br)cnc21. The van der Waals surface area contributed by atoms with Crippen molar-refractivity contribution in [1.29, 1.82) is 0 Å². The molecule has 1 atom stereocenters. The molecule has 1 unspecified atom stereocenters. The first-order valence-electron chi connectivity index (χ1n) is 6.11. The maximum atomic E-state index is 12.0. The van der Waals surface area contributed by atoms with Crippen molar-refractivity contribution in [2.24, 2.45) is 0 Å². The van der Waals surface area contributed by atoms with Gasteiger partial charge in [0, 0.05) is 17.2 Å². The van der Waals surface area contributed by atoms with E-state index in [2.05, 4.69) is 31.2 Å². The van der Waals surface area contributed by atoms with E-state index in [1.54, 1.807) is 17.7 Å². The lowest BCUT2D eigenvalue weighted by atomic mass is 10.3. The molecule has 2 aromatic rings. The fraction of sp³-hybridized carbons (Fsp3) is 0.417. The van der Waals surface area contributed by atoms with Gasteiger partial charge in [-0.3, -0.25) is 9.36 Å². The molecule has 0 aromatic carbocycles. The van der Waals surface area contributed by atoms with Crippen molar-refractivity contribution < 1.29 is 4.79 Å². The zero-order valence-corrected chi connectivity index (χ0v) is 12.4. The van der Waals surface area contributed by atoms with Gasteiger partial charge in [-0.15, -0.1) is 0 Å². The summed E-state index contributed by atoms with van der Waals surface area (Å²) in [7, 11) is 0. The molecule has 7 heteroatoms. The van der Waals surface area contributed by atoms with Gasteiger partial charge in [0.1, 0.15) is 11.6 Å². The Hall–Kier alpha value is -1.63. The van der Waals surface area contributed by atoms with Gasteiger partial charge < -0.3 is 11.1 Å². The first-order chi connectivity index (χ1) is 9.04. The average Bonchev–Trinajstić information content (AvgIpc) is 2.70. The maximum Gasteiger partial charge on any atom is 0.242 e. The highest BCUT2D eigenvalue weighted by molar-refractivity contribution is 9.10. The molecule has 19 heavy (non-hydrogen) atoms. The highest BCUT2D eigenvalue weighted by atomic mass is 79.9. The zero-order chi connectivity index (χ0) is 14.0. The lowest BCUT2D eigenvalue weighted by Gasteiger charge is -2.15. The van der Waals surface area contributed by atoms with E-state index in [0.29, 0.717) is 23.7 Å². The Balaban J connectivity index is 2.38. The second-order valence-corrected chi connectivity index (χ2v) is 5.22. The minimum absolute atomic E-state index is 0.0856. The summed E-state index contributed by atoms with van der Waals surface area (Å²) in [5.41, 5.74) is 7.17. The number of pyridine rings is 1. The van der Waals surface area contributed by atoms with Crippen LogP contribution >= 0.6 is 15.9 Å². The molecule has 0 aliphatic carbocycles. The van der Waals surface area contributed by atoms with E-state index in [0.717, 1.165) is 10.9 Å². The third kappa shape index (κ3) is 2.70. The number of nitrogens with zero attached hydrogens (tertiary/aromatic N) is 3. The van der Waals surface area contributed by atoms with Gasteiger partial charge in [0.2, 0.25) is 11.9 Å². The Bertz CT molecular complexity index is 609. The molecule has 0 fully saturated rings. The van der Waals surface area contributed by atoms with E-state index in [4.69, 9.17) is 5.73 Å². The first kappa shape index (κ1) is 13.8. The molecule has 0 spiro atoms. The summed E-state index contributed by atoms with van der Waals surface area (Å²) in [6.07, 6.45) is 2.56. The van der Waals surface area contributed by atoms with Gasteiger partial charge >= 0.3 is 0 Å². The minimum Gasteiger partial charge on any atom is -0.369 e. The number of hydrogen-bond donors (Lipinski definition) is 2. The van der Waals surface area contributed by atoms with E-state index < -0.39 is 6.04 Å². The summed E-state index contributed by atoms with van der Waals surface area (Å²) < 4.78 is 2.47. The summed E-state index contributed by atoms with van der Waals surface area (Å²) in [4.78, 5) is 20.5. The van der Waals surface area contributed by atoms with Crippen molar-refractivity contribution >= 4 is 38.9 Å². The molecule has 1 amide bonds. The number of halogens is 1. The number of nitrogens with one attached hydrogen (secondary N) is 1. The van der Waals surface area contributed by atoms with Crippen molar-refractivity contribution in [2.75, 3.05) is 12.3 Å². The summed E-state index contributed by atoms with van der Waals surface area (Å²) in [6, 6.07) is 1.39. The number of nitrogen functional groups attached to an aromatic ring is 1. The molecule has 2 rings (SSSR count). The van der Waals surface area contributed by atoms with Gasteiger partial charge in [0.05, 0.1) is 0 Å². The number of amides is 1. The van der Waals surface area contributed by atoms with E-state index in [1.165, 1.54) is 0 Å². The summed E-state index contributed by atoms with van der Waals surface area (Å²) in [5, 5.41) is 2.84. The fourth-order valence-electron chi connectivity index (χ4n) is 1.87. The molecule has 2 aromatic heterocycles. The third-order valence-corrected chi connectivity index (χ3v) is 3.27. The molecular weight excluding hydrogens is 310 g/mol. The molecular formula is C12H16BrN5O. The van der Waals surface area contributed by atoms with Crippen LogP contribution in [0.3, 0.4) is 0 Å². The molecule has 6 nitrogen and oxygen atoms in total. The van der Waals surface area contributed by atoms with Crippen LogP contribution in [0.1, 0.15) is 26.3 Å². The molecule has 102 valence electrons. The Morgan fingerprint density at radius 1 is 1.63 bits per heavy atom. The lowest BCUT2D eigenvalue weighted by Crippen LogP contribution is -2.32. The number of imidazole rings is 1. The Morgan fingerprint density at radius 2 is 2.37 bits per heavy atom. The number of anilines is 1. The molecule has 0 bridgehead atoms. The minimum atomic E-state index is -0.440. The van der Waals surface area contributed by atoms with Crippen LogP contribution in [0.2, 0.25) is 0 Å². The topological polar surface area (TPSA) is 85.8 Å². The number of nitrogens with two attached hydrogens (primary N) is 1. The zero-order valence-electron chi connectivity index (χ0n) is 10.9. The van der Waals surface area contributed by atoms with Crippen LogP contribution in [0.25, 0.3) is 11.2 Å². The summed E-state index contributed by atoms with van der Waals surface area (Å²) in [5.74, 6) is 0.206. The van der Waals surface area contributed by atoms with Crippen LogP contribution < -0.4 is 11.1 Å². The van der Waals surface area contributed by atoms with Crippen LogP contribution in [-0.2, 0) is 4.79 Å². The maximum absolute atomic E-state index is 12.0. The van der Waals surface area contributed by atoms with Gasteiger partial charge in [-0.05, 0) is 35.3 Å². The van der Waals surface area contributed by atoms with Crippen molar-refractivity contribution in [2.45, 2.75) is 26.3 Å². The van der Waals surface area contributed by atoms with Gasteiger partial charge in [-0.1, -0.05) is 6.92 Å². The van der Waals surface area contributed by atoms with E-state index in [-0.39, 0.29) is 5.91 Å². The fourth-order valence-corrected chi connectivity index (χ4v) is 2.19. The van der Waals surface area contributed by atoms with Crippen LogP contribution in [0.4, 0.5) is 5.95 Å². The van der Waals surface area contributed by atoms with Gasteiger partial charge in [0.25, 0.3) is 0 Å². The van der Waals surface area contributed by atoms with Crippen molar-refractivity contribution in [3.8, 4) is 0 Å². The number of carbonyl (C=O) groups excluding carboxylic acids is 1. The summed E-state index contributed by atoms with van der Waals surface area (Å²) >= 11 is 3.33. The van der Waals surface area contributed by atoms with Crippen LogP contribution in [0, 0.1) is 0 Å². The predicted molar refractivity (Wildman–Crippen MR) is 77.7 cm³/mol. The smallest absolute Gasteiger partial charge is 0.242 e. The van der Waals surface area contributed by atoms with Crippen LogP contribution in [0.15, 0.2) is 16.7 Å². The number of rotatable bonds is 4.